The molecule has 7 heteroatoms. The van der Waals surface area contributed by atoms with Crippen molar-refractivity contribution in [1.82, 2.24) is 4.98 Å². The number of pyridine rings is 1. The summed E-state index contributed by atoms with van der Waals surface area (Å²) in [6, 6.07) is 6.77. The highest BCUT2D eigenvalue weighted by molar-refractivity contribution is 6.11. The van der Waals surface area contributed by atoms with E-state index >= 15 is 0 Å². The number of amides is 1. The SMILES string of the molecule is COc1ccnc(NC(=O)CC(=O)c2ccc(O)c(O)c2)c1. The average molecular weight is 302 g/mol. The monoisotopic (exact) mass is 302 g/mol. The molecule has 1 amide bonds. The lowest BCUT2D eigenvalue weighted by atomic mass is 10.1. The number of aromatic nitrogens is 1. The van der Waals surface area contributed by atoms with Crippen LogP contribution < -0.4 is 10.1 Å². The number of carbonyl (C=O) groups excluding carboxylic acids is 2. The van der Waals surface area contributed by atoms with Crippen LogP contribution in [0.5, 0.6) is 17.2 Å². The number of carbonyl (C=O) groups is 2. The molecule has 3 N–H and O–H groups in total. The number of anilines is 1. The number of hydrogen-bond acceptors (Lipinski definition) is 6. The lowest BCUT2D eigenvalue weighted by Gasteiger charge is -2.06. The van der Waals surface area contributed by atoms with Crippen molar-refractivity contribution in [1.29, 1.82) is 0 Å². The first-order chi connectivity index (χ1) is 10.5. The van der Waals surface area contributed by atoms with E-state index in [2.05, 4.69) is 10.3 Å². The number of phenolic OH excluding ortho intramolecular Hbond substituents is 2. The Balaban J connectivity index is 2.01. The number of benzene rings is 1. The molecule has 1 aromatic carbocycles. The number of ketones is 1. The third kappa shape index (κ3) is 3.72. The zero-order chi connectivity index (χ0) is 16.1. The molecule has 0 saturated carbocycles. The molecule has 2 aromatic rings. The number of ether oxygens (including phenoxy) is 1. The molecule has 1 aromatic heterocycles. The van der Waals surface area contributed by atoms with Gasteiger partial charge in [-0.1, -0.05) is 0 Å². The lowest BCUT2D eigenvalue weighted by molar-refractivity contribution is -0.115. The minimum Gasteiger partial charge on any atom is -0.504 e. The van der Waals surface area contributed by atoms with Crippen LogP contribution in [-0.4, -0.2) is 34.0 Å². The van der Waals surface area contributed by atoms with Gasteiger partial charge in [-0.25, -0.2) is 4.98 Å². The van der Waals surface area contributed by atoms with Gasteiger partial charge in [-0.3, -0.25) is 9.59 Å². The van der Waals surface area contributed by atoms with Crippen molar-refractivity contribution >= 4 is 17.5 Å². The van der Waals surface area contributed by atoms with Gasteiger partial charge in [0.2, 0.25) is 5.91 Å². The van der Waals surface area contributed by atoms with Crippen molar-refractivity contribution in [3.05, 3.63) is 42.1 Å². The number of methoxy groups -OCH3 is 1. The van der Waals surface area contributed by atoms with Crippen molar-refractivity contribution in [2.75, 3.05) is 12.4 Å². The Morgan fingerprint density at radius 2 is 1.95 bits per heavy atom. The van der Waals surface area contributed by atoms with Crippen LogP contribution in [0.15, 0.2) is 36.5 Å². The Bertz CT molecular complexity index is 715. The summed E-state index contributed by atoms with van der Waals surface area (Å²) in [6.45, 7) is 0. The number of Topliss-reactive ketones (excluding diaryl/α,β-unsaturated/α-hetero) is 1. The molecular weight excluding hydrogens is 288 g/mol. The molecule has 1 heterocycles. The van der Waals surface area contributed by atoms with Crippen molar-refractivity contribution in [2.24, 2.45) is 0 Å². The number of rotatable bonds is 5. The summed E-state index contributed by atoms with van der Waals surface area (Å²) in [7, 11) is 1.49. The van der Waals surface area contributed by atoms with Gasteiger partial charge in [0, 0.05) is 17.8 Å². The van der Waals surface area contributed by atoms with Crippen LogP contribution >= 0.6 is 0 Å². The third-order valence-electron chi connectivity index (χ3n) is 2.85. The summed E-state index contributed by atoms with van der Waals surface area (Å²) >= 11 is 0. The lowest BCUT2D eigenvalue weighted by Crippen LogP contribution is -2.17. The number of nitrogens with one attached hydrogen (secondary N) is 1. The number of hydrogen-bond donors (Lipinski definition) is 3. The van der Waals surface area contributed by atoms with Gasteiger partial charge in [-0.15, -0.1) is 0 Å². The van der Waals surface area contributed by atoms with Gasteiger partial charge < -0.3 is 20.3 Å². The maximum absolute atomic E-state index is 11.9. The van der Waals surface area contributed by atoms with Crippen LogP contribution in [0.3, 0.4) is 0 Å². The van der Waals surface area contributed by atoms with Crippen molar-refractivity contribution in [2.45, 2.75) is 6.42 Å². The van der Waals surface area contributed by atoms with Gasteiger partial charge in [0.25, 0.3) is 0 Å². The molecule has 2 rings (SSSR count). The van der Waals surface area contributed by atoms with E-state index in [1.165, 1.54) is 31.5 Å². The second kappa shape index (κ2) is 6.57. The highest BCUT2D eigenvalue weighted by Gasteiger charge is 2.14. The van der Waals surface area contributed by atoms with Gasteiger partial charge in [0.1, 0.15) is 11.6 Å². The van der Waals surface area contributed by atoms with Crippen LogP contribution in [0.1, 0.15) is 16.8 Å². The molecule has 0 aliphatic rings. The topological polar surface area (TPSA) is 109 Å². The second-order valence-electron chi connectivity index (χ2n) is 4.43. The molecule has 0 fully saturated rings. The summed E-state index contributed by atoms with van der Waals surface area (Å²) in [5, 5.41) is 21.0. The molecule has 114 valence electrons. The van der Waals surface area contributed by atoms with Gasteiger partial charge in [0.05, 0.1) is 13.5 Å². The third-order valence-corrected chi connectivity index (χ3v) is 2.85. The van der Waals surface area contributed by atoms with E-state index in [1.807, 2.05) is 0 Å². The molecule has 0 aliphatic carbocycles. The van der Waals surface area contributed by atoms with E-state index in [4.69, 9.17) is 4.74 Å². The minimum atomic E-state index is -0.543. The fourth-order valence-corrected chi connectivity index (χ4v) is 1.74. The smallest absolute Gasteiger partial charge is 0.233 e. The van der Waals surface area contributed by atoms with Crippen molar-refractivity contribution < 1.29 is 24.5 Å². The first kappa shape index (κ1) is 15.3. The van der Waals surface area contributed by atoms with E-state index in [1.54, 1.807) is 6.07 Å². The maximum atomic E-state index is 11.9. The summed E-state index contributed by atoms with van der Waals surface area (Å²) in [4.78, 5) is 27.7. The average Bonchev–Trinajstić information content (AvgIpc) is 2.50. The van der Waals surface area contributed by atoms with Crippen LogP contribution in [0.4, 0.5) is 5.82 Å². The molecule has 0 spiro atoms. The number of phenols is 2. The molecule has 0 atom stereocenters. The Hall–Kier alpha value is -3.09. The zero-order valence-electron chi connectivity index (χ0n) is 11.7. The molecule has 0 unspecified atom stereocenters. The largest absolute Gasteiger partial charge is 0.504 e. The van der Waals surface area contributed by atoms with Crippen molar-refractivity contribution in [3.8, 4) is 17.2 Å². The molecule has 22 heavy (non-hydrogen) atoms. The highest BCUT2D eigenvalue weighted by Crippen LogP contribution is 2.25. The predicted molar refractivity (Wildman–Crippen MR) is 78.1 cm³/mol. The van der Waals surface area contributed by atoms with Gasteiger partial charge in [-0.2, -0.15) is 0 Å². The molecule has 0 radical (unpaired) electrons. The van der Waals surface area contributed by atoms with Crippen LogP contribution in [-0.2, 0) is 4.79 Å². The first-order valence-corrected chi connectivity index (χ1v) is 6.34. The molecule has 0 bridgehead atoms. The Kier molecular flexibility index (Phi) is 4.57. The summed E-state index contributed by atoms with van der Waals surface area (Å²) in [6.07, 6.45) is 1.05. The Labute approximate surface area is 126 Å². The summed E-state index contributed by atoms with van der Waals surface area (Å²) in [5.41, 5.74) is 0.129. The minimum absolute atomic E-state index is 0.129. The zero-order valence-corrected chi connectivity index (χ0v) is 11.7. The number of nitrogens with zero attached hydrogens (tertiary/aromatic N) is 1. The predicted octanol–water partition coefficient (Wildman–Crippen LogP) is 1.71. The van der Waals surface area contributed by atoms with Gasteiger partial charge in [-0.05, 0) is 24.3 Å². The van der Waals surface area contributed by atoms with E-state index in [0.29, 0.717) is 5.75 Å². The summed E-state index contributed by atoms with van der Waals surface area (Å²) < 4.78 is 5.00. The molecule has 7 nitrogen and oxygen atoms in total. The normalized spacial score (nSPS) is 10.0. The number of aromatic hydroxyl groups is 2. The highest BCUT2D eigenvalue weighted by atomic mass is 16.5. The van der Waals surface area contributed by atoms with Gasteiger partial charge in [0.15, 0.2) is 17.3 Å². The quantitative estimate of drug-likeness (QED) is 0.441. The fourth-order valence-electron chi connectivity index (χ4n) is 1.74. The van der Waals surface area contributed by atoms with Crippen molar-refractivity contribution in [3.63, 3.8) is 0 Å². The standard InChI is InChI=1S/C15H14N2O5/c1-22-10-4-5-16-14(7-10)17-15(21)8-12(19)9-2-3-11(18)13(20)6-9/h2-7,18,20H,8H2,1H3,(H,16,17,21). The summed E-state index contributed by atoms with van der Waals surface area (Å²) in [5.74, 6) is -0.984. The molecule has 0 saturated heterocycles. The van der Waals surface area contributed by atoms with Crippen LogP contribution in [0, 0.1) is 0 Å². The Morgan fingerprint density at radius 1 is 1.18 bits per heavy atom. The van der Waals surface area contributed by atoms with Crippen LogP contribution in [0.25, 0.3) is 0 Å². The Morgan fingerprint density at radius 3 is 2.64 bits per heavy atom. The van der Waals surface area contributed by atoms with Crippen LogP contribution in [0.2, 0.25) is 0 Å². The van der Waals surface area contributed by atoms with E-state index < -0.39 is 23.9 Å². The van der Waals surface area contributed by atoms with E-state index in [0.717, 1.165) is 6.07 Å². The van der Waals surface area contributed by atoms with E-state index in [9.17, 15) is 19.8 Å². The fraction of sp³-hybridized carbons (Fsp3) is 0.133. The molecular formula is C15H14N2O5. The maximum Gasteiger partial charge on any atom is 0.233 e. The second-order valence-corrected chi connectivity index (χ2v) is 4.43. The van der Waals surface area contributed by atoms with E-state index in [-0.39, 0.29) is 17.1 Å². The molecule has 0 aliphatic heterocycles. The van der Waals surface area contributed by atoms with Gasteiger partial charge >= 0.3 is 0 Å². The first-order valence-electron chi connectivity index (χ1n) is 6.34.